The van der Waals surface area contributed by atoms with Crippen LogP contribution in [-0.2, 0) is 0 Å². The van der Waals surface area contributed by atoms with Crippen molar-refractivity contribution in [2.75, 3.05) is 13.1 Å². The predicted octanol–water partition coefficient (Wildman–Crippen LogP) is -0.403. The van der Waals surface area contributed by atoms with E-state index in [1.54, 1.807) is 0 Å². The van der Waals surface area contributed by atoms with Crippen LogP contribution in [0.1, 0.15) is 40.0 Å². The summed E-state index contributed by atoms with van der Waals surface area (Å²) in [5, 5.41) is 0. The van der Waals surface area contributed by atoms with Crippen molar-refractivity contribution in [2.45, 2.75) is 38.5 Å². The summed E-state index contributed by atoms with van der Waals surface area (Å²) < 4.78 is 0. The maximum atomic E-state index is 5.35. The molecule has 5 heteroatoms. The molecule has 0 spiro atoms. The summed E-state index contributed by atoms with van der Waals surface area (Å²) in [6.07, 6.45) is 7.61. The molecule has 13 heavy (non-hydrogen) atoms. The number of hydrogen-bond acceptors (Lipinski definition) is 2. The quantitative estimate of drug-likeness (QED) is 0.332. The van der Waals surface area contributed by atoms with Crippen LogP contribution in [0.3, 0.4) is 0 Å². The second kappa shape index (κ2) is 23.9. The summed E-state index contributed by atoms with van der Waals surface area (Å²) in [4.78, 5) is 0. The van der Waals surface area contributed by atoms with Gasteiger partial charge < -0.3 is 12.9 Å². The van der Waals surface area contributed by atoms with Gasteiger partial charge in [-0.1, -0.05) is 25.7 Å². The molecule has 0 heterocycles. The Kier molecular flexibility index (Phi) is 45.1. The van der Waals surface area contributed by atoms with E-state index in [0.717, 1.165) is 13.1 Å². The van der Waals surface area contributed by atoms with Gasteiger partial charge in [0, 0.05) is 0 Å². The first-order valence-electron chi connectivity index (χ1n) is 4.32. The van der Waals surface area contributed by atoms with E-state index in [9.17, 15) is 0 Å². The molecule has 0 aliphatic carbocycles. The number of hydrogen-bond donors (Lipinski definition) is 2. The molecule has 0 aromatic heterocycles. The zero-order valence-corrected chi connectivity index (χ0v) is 15.3. The van der Waals surface area contributed by atoms with Crippen LogP contribution in [0.2, 0.25) is 0 Å². The Labute approximate surface area is 140 Å². The van der Waals surface area contributed by atoms with Crippen molar-refractivity contribution in [2.24, 2.45) is 11.5 Å². The summed E-state index contributed by atoms with van der Waals surface area (Å²) in [6.45, 7) is 1.69. The van der Waals surface area contributed by atoms with E-state index in [2.05, 4.69) is 0 Å². The standard InChI is InChI=1S/C8H20N2.2HI.Na.H/c9-7-5-3-1-2-4-6-8-10;;;;/h1-10H2;2*1H;;/q;;;+1;-1. The van der Waals surface area contributed by atoms with Crippen molar-refractivity contribution in [1.82, 2.24) is 0 Å². The Morgan fingerprint density at radius 3 is 1.08 bits per heavy atom. The van der Waals surface area contributed by atoms with Crippen LogP contribution in [0.25, 0.3) is 0 Å². The van der Waals surface area contributed by atoms with Gasteiger partial charge in [0.1, 0.15) is 0 Å². The predicted molar refractivity (Wildman–Crippen MR) is 77.8 cm³/mol. The maximum Gasteiger partial charge on any atom is 1.00 e. The zero-order valence-electron chi connectivity index (χ0n) is 9.63. The molecule has 0 fully saturated rings. The Morgan fingerprint density at radius 2 is 0.846 bits per heavy atom. The third-order valence-corrected chi connectivity index (χ3v) is 1.66. The van der Waals surface area contributed by atoms with Gasteiger partial charge in [0.25, 0.3) is 0 Å². The molecule has 0 unspecified atom stereocenters. The van der Waals surface area contributed by atoms with Crippen LogP contribution < -0.4 is 41.0 Å². The van der Waals surface area contributed by atoms with Crippen molar-refractivity contribution in [3.8, 4) is 0 Å². The van der Waals surface area contributed by atoms with Gasteiger partial charge in [-0.05, 0) is 25.9 Å². The minimum Gasteiger partial charge on any atom is -1.00 e. The Balaban J connectivity index is -0.0000000675. The summed E-state index contributed by atoms with van der Waals surface area (Å²) in [6, 6.07) is 0. The van der Waals surface area contributed by atoms with Gasteiger partial charge in [-0.3, -0.25) is 0 Å². The molecular formula is C8H23I2N2Na. The van der Waals surface area contributed by atoms with Gasteiger partial charge in [-0.25, -0.2) is 0 Å². The normalized spacial score (nSPS) is 7.85. The Bertz CT molecular complexity index is 65.3. The topological polar surface area (TPSA) is 52.0 Å². The maximum absolute atomic E-state index is 5.35. The van der Waals surface area contributed by atoms with Gasteiger partial charge in [0.2, 0.25) is 0 Å². The van der Waals surface area contributed by atoms with Crippen molar-refractivity contribution in [1.29, 1.82) is 0 Å². The molecule has 0 radical (unpaired) electrons. The number of nitrogens with two attached hydrogens (primary N) is 2. The molecule has 0 saturated carbocycles. The van der Waals surface area contributed by atoms with E-state index < -0.39 is 0 Å². The third-order valence-electron chi connectivity index (χ3n) is 1.66. The van der Waals surface area contributed by atoms with Crippen LogP contribution in [0.15, 0.2) is 0 Å². The van der Waals surface area contributed by atoms with Gasteiger partial charge in [0.05, 0.1) is 0 Å². The SMILES string of the molecule is I.I.NCCCCCCCCN.[H-].[Na+]. The van der Waals surface area contributed by atoms with E-state index in [4.69, 9.17) is 11.5 Å². The molecule has 4 N–H and O–H groups in total. The Hall–Kier alpha value is 2.38. The minimum atomic E-state index is 0. The average molecular weight is 424 g/mol. The van der Waals surface area contributed by atoms with E-state index in [0.29, 0.717) is 0 Å². The molecule has 2 nitrogen and oxygen atoms in total. The van der Waals surface area contributed by atoms with Crippen molar-refractivity contribution < 1.29 is 31.0 Å². The molecule has 0 aliphatic rings. The smallest absolute Gasteiger partial charge is 1.00 e. The second-order valence-electron chi connectivity index (χ2n) is 2.70. The molecule has 0 amide bonds. The largest absolute Gasteiger partial charge is 1.00 e. The fraction of sp³-hybridized carbons (Fsp3) is 1.00. The zero-order chi connectivity index (χ0) is 7.66. The fourth-order valence-electron chi connectivity index (χ4n) is 0.996. The molecule has 0 bridgehead atoms. The van der Waals surface area contributed by atoms with E-state index in [1.807, 2.05) is 0 Å². The van der Waals surface area contributed by atoms with Crippen LogP contribution in [0.4, 0.5) is 0 Å². The number of halogens is 2. The first kappa shape index (κ1) is 24.6. The van der Waals surface area contributed by atoms with E-state index in [-0.39, 0.29) is 78.9 Å². The number of rotatable bonds is 7. The summed E-state index contributed by atoms with van der Waals surface area (Å²) in [7, 11) is 0. The van der Waals surface area contributed by atoms with Gasteiger partial charge >= 0.3 is 29.6 Å². The summed E-state index contributed by atoms with van der Waals surface area (Å²) in [5.41, 5.74) is 10.7. The molecule has 0 saturated heterocycles. The van der Waals surface area contributed by atoms with Gasteiger partial charge in [0.15, 0.2) is 0 Å². The van der Waals surface area contributed by atoms with Crippen LogP contribution in [0, 0.1) is 0 Å². The summed E-state index contributed by atoms with van der Waals surface area (Å²) >= 11 is 0. The minimum absolute atomic E-state index is 0. The molecule has 0 aromatic carbocycles. The molecule has 0 rings (SSSR count). The van der Waals surface area contributed by atoms with Gasteiger partial charge in [-0.15, -0.1) is 48.0 Å². The first-order valence-corrected chi connectivity index (χ1v) is 4.32. The summed E-state index contributed by atoms with van der Waals surface area (Å²) in [5.74, 6) is 0. The molecule has 80 valence electrons. The van der Waals surface area contributed by atoms with Crippen molar-refractivity contribution in [3.05, 3.63) is 0 Å². The first-order chi connectivity index (χ1) is 4.91. The average Bonchev–Trinajstić information content (AvgIpc) is 1.97. The van der Waals surface area contributed by atoms with E-state index in [1.165, 1.54) is 38.5 Å². The van der Waals surface area contributed by atoms with Crippen LogP contribution in [0.5, 0.6) is 0 Å². The van der Waals surface area contributed by atoms with E-state index >= 15 is 0 Å². The van der Waals surface area contributed by atoms with Crippen molar-refractivity contribution >= 4 is 48.0 Å². The third kappa shape index (κ3) is 25.0. The monoisotopic (exact) mass is 424 g/mol. The molecule has 0 aromatic rings. The fourth-order valence-corrected chi connectivity index (χ4v) is 0.996. The van der Waals surface area contributed by atoms with Crippen molar-refractivity contribution in [3.63, 3.8) is 0 Å². The van der Waals surface area contributed by atoms with Crippen LogP contribution in [-0.4, -0.2) is 13.1 Å². The molecule has 0 atom stereocenters. The molecule has 0 aliphatic heterocycles. The number of unbranched alkanes of at least 4 members (excludes halogenated alkanes) is 5. The van der Waals surface area contributed by atoms with Crippen LogP contribution >= 0.6 is 48.0 Å². The Morgan fingerprint density at radius 1 is 0.615 bits per heavy atom. The molecular weight excluding hydrogens is 401 g/mol. The van der Waals surface area contributed by atoms with Gasteiger partial charge in [-0.2, -0.15) is 0 Å². The second-order valence-corrected chi connectivity index (χ2v) is 2.70.